The van der Waals surface area contributed by atoms with Gasteiger partial charge in [-0.25, -0.2) is 9.97 Å². The zero-order chi connectivity index (χ0) is 13.9. The predicted octanol–water partition coefficient (Wildman–Crippen LogP) is 3.39. The van der Waals surface area contributed by atoms with E-state index in [1.807, 2.05) is 61.7 Å². The minimum Gasteiger partial charge on any atom is -0.398 e. The third-order valence-electron chi connectivity index (χ3n) is 3.30. The summed E-state index contributed by atoms with van der Waals surface area (Å²) >= 11 is 0. The van der Waals surface area contributed by atoms with E-state index in [4.69, 9.17) is 5.73 Å². The molecule has 4 nitrogen and oxygen atoms in total. The molecule has 0 radical (unpaired) electrons. The van der Waals surface area contributed by atoms with Crippen LogP contribution in [-0.4, -0.2) is 9.97 Å². The Morgan fingerprint density at radius 2 is 1.80 bits per heavy atom. The molecule has 3 rings (SSSR count). The molecule has 0 amide bonds. The SMILES string of the molecule is CC(Nc1ncc2ccccc2n1)c1ccccc1N. The van der Waals surface area contributed by atoms with Crippen LogP contribution >= 0.6 is 0 Å². The molecule has 1 aromatic heterocycles. The number of hydrogen-bond donors (Lipinski definition) is 2. The van der Waals surface area contributed by atoms with E-state index >= 15 is 0 Å². The van der Waals surface area contributed by atoms with Crippen molar-refractivity contribution in [2.45, 2.75) is 13.0 Å². The summed E-state index contributed by atoms with van der Waals surface area (Å²) < 4.78 is 0. The van der Waals surface area contributed by atoms with E-state index in [9.17, 15) is 0 Å². The van der Waals surface area contributed by atoms with Crippen LogP contribution in [0.4, 0.5) is 11.6 Å². The number of fused-ring (bicyclic) bond motifs is 1. The molecule has 2 aromatic carbocycles. The summed E-state index contributed by atoms with van der Waals surface area (Å²) in [7, 11) is 0. The largest absolute Gasteiger partial charge is 0.398 e. The molecule has 0 fully saturated rings. The maximum absolute atomic E-state index is 5.98. The van der Waals surface area contributed by atoms with Crippen LogP contribution in [0.5, 0.6) is 0 Å². The second-order valence-corrected chi connectivity index (χ2v) is 4.75. The van der Waals surface area contributed by atoms with Crippen LogP contribution in [0.15, 0.2) is 54.7 Å². The number of nitrogens with one attached hydrogen (secondary N) is 1. The van der Waals surface area contributed by atoms with Crippen molar-refractivity contribution in [1.29, 1.82) is 0 Å². The van der Waals surface area contributed by atoms with Gasteiger partial charge in [0.05, 0.1) is 11.6 Å². The molecule has 0 spiro atoms. The molecule has 1 heterocycles. The quantitative estimate of drug-likeness (QED) is 0.712. The minimum atomic E-state index is 0.0531. The summed E-state index contributed by atoms with van der Waals surface area (Å²) in [6.45, 7) is 2.05. The number of nitrogen functional groups attached to an aromatic ring is 1. The van der Waals surface area contributed by atoms with Crippen LogP contribution in [0.2, 0.25) is 0 Å². The molecule has 0 saturated carbocycles. The normalized spacial score (nSPS) is 12.2. The number of hydrogen-bond acceptors (Lipinski definition) is 4. The van der Waals surface area contributed by atoms with Gasteiger partial charge in [-0.05, 0) is 24.6 Å². The molecule has 20 heavy (non-hydrogen) atoms. The van der Waals surface area contributed by atoms with Gasteiger partial charge in [-0.15, -0.1) is 0 Å². The minimum absolute atomic E-state index is 0.0531. The van der Waals surface area contributed by atoms with Gasteiger partial charge in [-0.3, -0.25) is 0 Å². The molecule has 0 saturated heterocycles. The maximum atomic E-state index is 5.98. The Balaban J connectivity index is 1.87. The Morgan fingerprint density at radius 1 is 1.05 bits per heavy atom. The van der Waals surface area contributed by atoms with Crippen molar-refractivity contribution in [2.75, 3.05) is 11.1 Å². The van der Waals surface area contributed by atoms with Crippen molar-refractivity contribution in [1.82, 2.24) is 9.97 Å². The summed E-state index contributed by atoms with van der Waals surface area (Å²) in [4.78, 5) is 8.85. The van der Waals surface area contributed by atoms with E-state index in [0.717, 1.165) is 22.2 Å². The number of benzene rings is 2. The van der Waals surface area contributed by atoms with E-state index in [1.165, 1.54) is 0 Å². The van der Waals surface area contributed by atoms with E-state index in [2.05, 4.69) is 15.3 Å². The number of nitrogens with zero attached hydrogens (tertiary/aromatic N) is 2. The van der Waals surface area contributed by atoms with Crippen LogP contribution in [0.3, 0.4) is 0 Å². The van der Waals surface area contributed by atoms with Gasteiger partial charge in [0.15, 0.2) is 0 Å². The third kappa shape index (κ3) is 2.40. The molecule has 1 atom stereocenters. The fraction of sp³-hybridized carbons (Fsp3) is 0.125. The average molecular weight is 264 g/mol. The number of aromatic nitrogens is 2. The van der Waals surface area contributed by atoms with Crippen LogP contribution in [-0.2, 0) is 0 Å². The number of rotatable bonds is 3. The second kappa shape index (κ2) is 5.17. The van der Waals surface area contributed by atoms with Gasteiger partial charge in [0, 0.05) is 17.3 Å². The summed E-state index contributed by atoms with van der Waals surface area (Å²) in [6.07, 6.45) is 1.83. The molecule has 100 valence electrons. The summed E-state index contributed by atoms with van der Waals surface area (Å²) in [5.41, 5.74) is 8.73. The number of para-hydroxylation sites is 2. The standard InChI is InChI=1S/C16H16N4/c1-11(13-7-3-4-8-14(13)17)19-16-18-10-12-6-2-5-9-15(12)20-16/h2-11H,17H2,1H3,(H,18,19,20). The van der Waals surface area contributed by atoms with Crippen molar-refractivity contribution in [3.63, 3.8) is 0 Å². The van der Waals surface area contributed by atoms with Crippen molar-refractivity contribution in [3.8, 4) is 0 Å². The topological polar surface area (TPSA) is 63.8 Å². The first-order chi connectivity index (χ1) is 9.74. The zero-order valence-corrected chi connectivity index (χ0v) is 11.2. The zero-order valence-electron chi connectivity index (χ0n) is 11.2. The number of anilines is 2. The van der Waals surface area contributed by atoms with Crippen molar-refractivity contribution >= 4 is 22.5 Å². The second-order valence-electron chi connectivity index (χ2n) is 4.75. The van der Waals surface area contributed by atoms with Crippen molar-refractivity contribution in [2.24, 2.45) is 0 Å². The van der Waals surface area contributed by atoms with E-state index in [1.54, 1.807) is 0 Å². The fourth-order valence-electron chi connectivity index (χ4n) is 2.22. The lowest BCUT2D eigenvalue weighted by molar-refractivity contribution is 0.866. The highest BCUT2D eigenvalue weighted by molar-refractivity contribution is 5.78. The Hall–Kier alpha value is -2.62. The summed E-state index contributed by atoms with van der Waals surface area (Å²) in [5.74, 6) is 0.611. The number of nitrogens with two attached hydrogens (primary N) is 1. The maximum Gasteiger partial charge on any atom is 0.223 e. The fourth-order valence-corrected chi connectivity index (χ4v) is 2.22. The van der Waals surface area contributed by atoms with Crippen LogP contribution in [0.25, 0.3) is 10.9 Å². The molecule has 4 heteroatoms. The molecule has 0 aliphatic heterocycles. The highest BCUT2D eigenvalue weighted by Crippen LogP contribution is 2.23. The highest BCUT2D eigenvalue weighted by atomic mass is 15.1. The predicted molar refractivity (Wildman–Crippen MR) is 82.4 cm³/mol. The van der Waals surface area contributed by atoms with Gasteiger partial charge < -0.3 is 11.1 Å². The van der Waals surface area contributed by atoms with Crippen molar-refractivity contribution < 1.29 is 0 Å². The Labute approximate surface area is 117 Å². The van der Waals surface area contributed by atoms with E-state index in [-0.39, 0.29) is 6.04 Å². The molecule has 0 aliphatic rings. The first-order valence-corrected chi connectivity index (χ1v) is 6.57. The monoisotopic (exact) mass is 264 g/mol. The lowest BCUT2D eigenvalue weighted by Gasteiger charge is -2.16. The molecular weight excluding hydrogens is 248 g/mol. The van der Waals surface area contributed by atoms with Crippen LogP contribution in [0.1, 0.15) is 18.5 Å². The van der Waals surface area contributed by atoms with Crippen LogP contribution in [0, 0.1) is 0 Å². The van der Waals surface area contributed by atoms with E-state index < -0.39 is 0 Å². The summed E-state index contributed by atoms with van der Waals surface area (Å²) in [5, 5.41) is 4.32. The molecule has 1 unspecified atom stereocenters. The first-order valence-electron chi connectivity index (χ1n) is 6.57. The van der Waals surface area contributed by atoms with Gasteiger partial charge in [0.25, 0.3) is 0 Å². The van der Waals surface area contributed by atoms with Crippen LogP contribution < -0.4 is 11.1 Å². The molecule has 3 N–H and O–H groups in total. The lowest BCUT2D eigenvalue weighted by Crippen LogP contribution is -2.11. The van der Waals surface area contributed by atoms with E-state index in [0.29, 0.717) is 5.95 Å². The molecule has 0 aliphatic carbocycles. The first kappa shape index (κ1) is 12.4. The molecular formula is C16H16N4. The van der Waals surface area contributed by atoms with Gasteiger partial charge in [-0.2, -0.15) is 0 Å². The van der Waals surface area contributed by atoms with Gasteiger partial charge in [-0.1, -0.05) is 36.4 Å². The van der Waals surface area contributed by atoms with Gasteiger partial charge in [0.2, 0.25) is 5.95 Å². The Bertz CT molecular complexity index is 739. The highest BCUT2D eigenvalue weighted by Gasteiger charge is 2.09. The average Bonchev–Trinajstić information content (AvgIpc) is 2.47. The molecule has 0 bridgehead atoms. The smallest absolute Gasteiger partial charge is 0.223 e. The lowest BCUT2D eigenvalue weighted by atomic mass is 10.1. The Kier molecular flexibility index (Phi) is 3.21. The van der Waals surface area contributed by atoms with Gasteiger partial charge in [0.1, 0.15) is 0 Å². The third-order valence-corrected chi connectivity index (χ3v) is 3.30. The van der Waals surface area contributed by atoms with Gasteiger partial charge >= 0.3 is 0 Å². The van der Waals surface area contributed by atoms with Crippen molar-refractivity contribution in [3.05, 3.63) is 60.3 Å². The molecule has 3 aromatic rings. The summed E-state index contributed by atoms with van der Waals surface area (Å²) in [6, 6.07) is 15.8. The Morgan fingerprint density at radius 3 is 2.65 bits per heavy atom.